The highest BCUT2D eigenvalue weighted by Crippen LogP contribution is 2.33. The zero-order valence-electron chi connectivity index (χ0n) is 8.74. The molecule has 0 saturated carbocycles. The van der Waals surface area contributed by atoms with E-state index in [-0.39, 0.29) is 17.2 Å². The fourth-order valence-corrected chi connectivity index (χ4v) is 1.32. The van der Waals surface area contributed by atoms with E-state index in [0.29, 0.717) is 6.07 Å². The molecule has 0 radical (unpaired) electrons. The van der Waals surface area contributed by atoms with Gasteiger partial charge in [-0.25, -0.2) is 9.37 Å². The Labute approximate surface area is 98.5 Å². The van der Waals surface area contributed by atoms with Gasteiger partial charge >= 0.3 is 6.18 Å². The molecular weight excluding hydrogens is 252 g/mol. The topological polar surface area (TPSA) is 64.7 Å². The van der Waals surface area contributed by atoms with Gasteiger partial charge in [0.25, 0.3) is 0 Å². The first-order valence-electron chi connectivity index (χ1n) is 4.70. The van der Waals surface area contributed by atoms with E-state index in [1.54, 1.807) is 0 Å². The summed E-state index contributed by atoms with van der Waals surface area (Å²) >= 11 is 0. The minimum absolute atomic E-state index is 0.0590. The highest BCUT2D eigenvalue weighted by atomic mass is 19.4. The van der Waals surface area contributed by atoms with Gasteiger partial charge in [0.1, 0.15) is 11.5 Å². The van der Waals surface area contributed by atoms with Crippen molar-refractivity contribution in [3.05, 3.63) is 35.8 Å². The molecule has 0 bridgehead atoms. The molecule has 2 N–H and O–H groups in total. The Bertz CT molecular complexity index is 565. The number of benzene rings is 1. The van der Waals surface area contributed by atoms with Crippen molar-refractivity contribution < 1.29 is 17.6 Å². The van der Waals surface area contributed by atoms with Crippen LogP contribution in [0, 0.1) is 5.82 Å². The van der Waals surface area contributed by atoms with Gasteiger partial charge in [0.2, 0.25) is 5.95 Å². The summed E-state index contributed by atoms with van der Waals surface area (Å²) in [7, 11) is 0. The van der Waals surface area contributed by atoms with Crippen molar-refractivity contribution in [3.63, 3.8) is 0 Å². The van der Waals surface area contributed by atoms with Gasteiger partial charge in [-0.3, -0.25) is 0 Å². The second-order valence-corrected chi connectivity index (χ2v) is 3.39. The molecule has 2 rings (SSSR count). The molecule has 1 heterocycles. The van der Waals surface area contributed by atoms with Crippen LogP contribution in [0.1, 0.15) is 5.56 Å². The number of nitrogen functional groups attached to an aromatic ring is 1. The van der Waals surface area contributed by atoms with Crippen LogP contribution >= 0.6 is 0 Å². The lowest BCUT2D eigenvalue weighted by Gasteiger charge is -2.09. The maximum Gasteiger partial charge on any atom is 0.419 e. The second kappa shape index (κ2) is 4.21. The number of nitrogens with two attached hydrogens (primary N) is 1. The van der Waals surface area contributed by atoms with Crippen molar-refractivity contribution in [3.8, 4) is 11.3 Å². The van der Waals surface area contributed by atoms with E-state index in [1.165, 1.54) is 0 Å². The number of anilines is 1. The summed E-state index contributed by atoms with van der Waals surface area (Å²) in [5.74, 6) is -1.44. The molecule has 8 heteroatoms. The number of halogens is 4. The Balaban J connectivity index is 2.50. The molecule has 4 nitrogen and oxygen atoms in total. The van der Waals surface area contributed by atoms with Crippen molar-refractivity contribution in [1.82, 2.24) is 15.2 Å². The van der Waals surface area contributed by atoms with Gasteiger partial charge in [-0.05, 0) is 18.2 Å². The SMILES string of the molecule is Nc1ncc(-c2ccc(F)c(C(F)(F)F)c2)nn1. The molecule has 0 aliphatic carbocycles. The third-order valence-corrected chi connectivity index (χ3v) is 2.15. The van der Waals surface area contributed by atoms with Crippen LogP contribution in [0.15, 0.2) is 24.4 Å². The minimum atomic E-state index is -4.77. The average Bonchev–Trinajstić information content (AvgIpc) is 2.29. The van der Waals surface area contributed by atoms with Crippen LogP contribution in [0.3, 0.4) is 0 Å². The van der Waals surface area contributed by atoms with Gasteiger partial charge in [0.15, 0.2) is 0 Å². The van der Waals surface area contributed by atoms with Crippen LogP contribution in [0.5, 0.6) is 0 Å². The zero-order valence-corrected chi connectivity index (χ0v) is 8.74. The van der Waals surface area contributed by atoms with Crippen molar-refractivity contribution in [2.45, 2.75) is 6.18 Å². The molecular formula is C10H6F4N4. The first kappa shape index (κ1) is 12.2. The maximum absolute atomic E-state index is 13.1. The molecule has 2 aromatic rings. The van der Waals surface area contributed by atoms with Gasteiger partial charge in [-0.2, -0.15) is 13.2 Å². The number of alkyl halides is 3. The Morgan fingerprint density at radius 3 is 2.39 bits per heavy atom. The quantitative estimate of drug-likeness (QED) is 0.797. The van der Waals surface area contributed by atoms with Crippen LogP contribution in [0.2, 0.25) is 0 Å². The molecule has 0 aliphatic heterocycles. The molecule has 0 atom stereocenters. The summed E-state index contributed by atoms with van der Waals surface area (Å²) in [5.41, 5.74) is 3.98. The van der Waals surface area contributed by atoms with Crippen LogP contribution in [0.25, 0.3) is 11.3 Å². The molecule has 0 saturated heterocycles. The Kier molecular flexibility index (Phi) is 2.85. The fourth-order valence-electron chi connectivity index (χ4n) is 1.32. The Morgan fingerprint density at radius 1 is 1.11 bits per heavy atom. The van der Waals surface area contributed by atoms with E-state index in [0.717, 1.165) is 18.3 Å². The van der Waals surface area contributed by atoms with E-state index >= 15 is 0 Å². The number of aromatic nitrogens is 3. The summed E-state index contributed by atoms with van der Waals surface area (Å²) in [6, 6.07) is 2.53. The van der Waals surface area contributed by atoms with Crippen molar-refractivity contribution >= 4 is 5.95 Å². The largest absolute Gasteiger partial charge is 0.419 e. The van der Waals surface area contributed by atoms with E-state index in [2.05, 4.69) is 15.2 Å². The summed E-state index contributed by atoms with van der Waals surface area (Å²) in [4.78, 5) is 3.60. The van der Waals surface area contributed by atoms with Crippen LogP contribution < -0.4 is 5.73 Å². The van der Waals surface area contributed by atoms with Crippen molar-refractivity contribution in [2.75, 3.05) is 5.73 Å². The fraction of sp³-hybridized carbons (Fsp3) is 0.100. The highest BCUT2D eigenvalue weighted by molar-refractivity contribution is 5.59. The van der Waals surface area contributed by atoms with Gasteiger partial charge in [-0.15, -0.1) is 10.2 Å². The number of nitrogens with zero attached hydrogens (tertiary/aromatic N) is 3. The smallest absolute Gasteiger partial charge is 0.366 e. The number of hydrogen-bond acceptors (Lipinski definition) is 4. The lowest BCUT2D eigenvalue weighted by molar-refractivity contribution is -0.139. The summed E-state index contributed by atoms with van der Waals surface area (Å²) in [6.45, 7) is 0. The third kappa shape index (κ3) is 2.36. The Morgan fingerprint density at radius 2 is 1.83 bits per heavy atom. The molecule has 0 amide bonds. The maximum atomic E-state index is 13.1. The summed E-state index contributed by atoms with van der Waals surface area (Å²) in [5, 5.41) is 6.99. The van der Waals surface area contributed by atoms with Gasteiger partial charge in [0.05, 0.1) is 11.8 Å². The van der Waals surface area contributed by atoms with E-state index in [9.17, 15) is 17.6 Å². The van der Waals surface area contributed by atoms with E-state index < -0.39 is 17.6 Å². The van der Waals surface area contributed by atoms with Crippen molar-refractivity contribution in [1.29, 1.82) is 0 Å². The predicted molar refractivity (Wildman–Crippen MR) is 54.6 cm³/mol. The molecule has 0 aliphatic rings. The molecule has 18 heavy (non-hydrogen) atoms. The molecule has 0 spiro atoms. The zero-order chi connectivity index (χ0) is 13.3. The lowest BCUT2D eigenvalue weighted by atomic mass is 10.1. The Hall–Kier alpha value is -2.25. The van der Waals surface area contributed by atoms with Crippen LogP contribution in [-0.2, 0) is 6.18 Å². The van der Waals surface area contributed by atoms with Gasteiger partial charge in [0, 0.05) is 5.56 Å². The molecule has 94 valence electrons. The van der Waals surface area contributed by atoms with Crippen molar-refractivity contribution in [2.24, 2.45) is 0 Å². The standard InChI is InChI=1S/C10H6F4N4/c11-7-2-1-5(3-6(7)10(12,13)14)8-4-16-9(15)18-17-8/h1-4H,(H2,15,16,18). The monoisotopic (exact) mass is 258 g/mol. The molecule has 0 unspecified atom stereocenters. The minimum Gasteiger partial charge on any atom is -0.366 e. The molecule has 0 fully saturated rings. The number of rotatable bonds is 1. The first-order valence-corrected chi connectivity index (χ1v) is 4.70. The highest BCUT2D eigenvalue weighted by Gasteiger charge is 2.34. The van der Waals surface area contributed by atoms with Crippen LogP contribution in [-0.4, -0.2) is 15.2 Å². The normalized spacial score (nSPS) is 11.6. The van der Waals surface area contributed by atoms with Crippen LogP contribution in [0.4, 0.5) is 23.5 Å². The first-order chi connectivity index (χ1) is 8.38. The van der Waals surface area contributed by atoms with Gasteiger partial charge < -0.3 is 5.73 Å². The lowest BCUT2D eigenvalue weighted by Crippen LogP contribution is -2.08. The summed E-state index contributed by atoms with van der Waals surface area (Å²) < 4.78 is 50.5. The van der Waals surface area contributed by atoms with Gasteiger partial charge in [-0.1, -0.05) is 0 Å². The predicted octanol–water partition coefficient (Wildman–Crippen LogP) is 2.28. The molecule has 1 aromatic carbocycles. The second-order valence-electron chi connectivity index (χ2n) is 3.39. The average molecular weight is 258 g/mol. The van der Waals surface area contributed by atoms with E-state index in [1.807, 2.05) is 0 Å². The summed E-state index contributed by atoms with van der Waals surface area (Å²) in [6.07, 6.45) is -3.61. The molecule has 1 aromatic heterocycles. The third-order valence-electron chi connectivity index (χ3n) is 2.15. The van der Waals surface area contributed by atoms with E-state index in [4.69, 9.17) is 5.73 Å². The number of hydrogen-bond donors (Lipinski definition) is 1.